The molecule has 2 fully saturated rings. The maximum absolute atomic E-state index is 12.5. The van der Waals surface area contributed by atoms with E-state index in [1.54, 1.807) is 6.07 Å². The van der Waals surface area contributed by atoms with E-state index in [4.69, 9.17) is 9.57 Å². The molecule has 31 heavy (non-hydrogen) atoms. The Morgan fingerprint density at radius 3 is 2.23 bits per heavy atom. The van der Waals surface area contributed by atoms with Gasteiger partial charge in [-0.25, -0.2) is 4.79 Å². The van der Waals surface area contributed by atoms with Gasteiger partial charge in [-0.3, -0.25) is 14.9 Å². The molecule has 0 atom stereocenters. The lowest BCUT2D eigenvalue weighted by atomic mass is 9.92. The summed E-state index contributed by atoms with van der Waals surface area (Å²) in [5.41, 5.74) is 5.56. The van der Waals surface area contributed by atoms with Crippen molar-refractivity contribution in [3.63, 3.8) is 0 Å². The van der Waals surface area contributed by atoms with Gasteiger partial charge in [-0.2, -0.15) is 0 Å². The average molecular weight is 423 g/mol. The van der Waals surface area contributed by atoms with Gasteiger partial charge in [-0.05, 0) is 37.1 Å². The maximum atomic E-state index is 12.5. The van der Waals surface area contributed by atoms with Crippen LogP contribution in [0.1, 0.15) is 24.0 Å². The first kappa shape index (κ1) is 20.9. The largest absolute Gasteiger partial charge is 0.436 e. The van der Waals surface area contributed by atoms with Gasteiger partial charge >= 0.3 is 6.09 Å². The zero-order valence-corrected chi connectivity index (χ0v) is 17.6. The fourth-order valence-electron chi connectivity index (χ4n) is 4.02. The number of morpholine rings is 1. The third-order valence-electron chi connectivity index (χ3n) is 5.54. The molecule has 0 saturated carbocycles. The van der Waals surface area contributed by atoms with Crippen LogP contribution in [-0.2, 0) is 19.2 Å². The summed E-state index contributed by atoms with van der Waals surface area (Å²) in [4.78, 5) is 43.3. The standard InChI is InChI=1S/C23H25N3O5/c1-15-5-3-7-17(24-23(29)31-26-19(27)9-10-20(26)28)21(15)22-16(2)6-4-8-18(22)25-11-13-30-14-12-25/h3-8H,9-14H2,1-2H3,(H,24,29). The normalized spacial score (nSPS) is 16.6. The lowest BCUT2D eigenvalue weighted by Gasteiger charge is -2.32. The Bertz CT molecular complexity index is 1010. The number of hydrogen-bond donors (Lipinski definition) is 1. The van der Waals surface area contributed by atoms with Gasteiger partial charge in [-0.1, -0.05) is 24.3 Å². The van der Waals surface area contributed by atoms with E-state index in [0.717, 1.165) is 41.0 Å². The molecular weight excluding hydrogens is 398 g/mol. The van der Waals surface area contributed by atoms with Crippen LogP contribution in [0.4, 0.5) is 16.2 Å². The van der Waals surface area contributed by atoms with E-state index in [2.05, 4.69) is 16.3 Å². The summed E-state index contributed by atoms with van der Waals surface area (Å²) >= 11 is 0. The number of anilines is 2. The van der Waals surface area contributed by atoms with E-state index in [0.29, 0.717) is 24.0 Å². The Balaban J connectivity index is 1.68. The zero-order valence-electron chi connectivity index (χ0n) is 17.6. The minimum Gasteiger partial charge on any atom is -0.378 e. The van der Waals surface area contributed by atoms with E-state index in [1.807, 2.05) is 38.1 Å². The minimum atomic E-state index is -0.878. The van der Waals surface area contributed by atoms with Crippen molar-refractivity contribution in [1.82, 2.24) is 5.06 Å². The molecule has 2 heterocycles. The second kappa shape index (κ2) is 8.77. The lowest BCUT2D eigenvalue weighted by Crippen LogP contribution is -2.36. The molecule has 1 N–H and O–H groups in total. The number of nitrogens with zero attached hydrogens (tertiary/aromatic N) is 2. The summed E-state index contributed by atoms with van der Waals surface area (Å²) in [7, 11) is 0. The maximum Gasteiger partial charge on any atom is 0.436 e. The molecule has 2 aliphatic heterocycles. The number of nitrogens with one attached hydrogen (secondary N) is 1. The van der Waals surface area contributed by atoms with Crippen LogP contribution in [0.5, 0.6) is 0 Å². The molecule has 2 aromatic rings. The summed E-state index contributed by atoms with van der Waals surface area (Å²) < 4.78 is 5.50. The highest BCUT2D eigenvalue weighted by atomic mass is 16.7. The number of hydrogen-bond acceptors (Lipinski definition) is 6. The monoisotopic (exact) mass is 423 g/mol. The first-order valence-corrected chi connectivity index (χ1v) is 10.3. The molecule has 0 aromatic heterocycles. The number of carbonyl (C=O) groups excluding carboxylic acids is 3. The van der Waals surface area contributed by atoms with Crippen molar-refractivity contribution in [2.75, 3.05) is 36.5 Å². The summed E-state index contributed by atoms with van der Waals surface area (Å²) in [6.07, 6.45) is -0.779. The van der Waals surface area contributed by atoms with Gasteiger partial charge in [0.15, 0.2) is 0 Å². The summed E-state index contributed by atoms with van der Waals surface area (Å²) in [5.74, 6) is -1.03. The Morgan fingerprint density at radius 2 is 1.55 bits per heavy atom. The number of aryl methyl sites for hydroxylation is 2. The van der Waals surface area contributed by atoms with Crippen LogP contribution in [-0.4, -0.2) is 49.3 Å². The fourth-order valence-corrected chi connectivity index (χ4v) is 4.02. The fraction of sp³-hybridized carbons (Fsp3) is 0.348. The molecule has 4 rings (SSSR count). The molecule has 8 heteroatoms. The van der Waals surface area contributed by atoms with Crippen molar-refractivity contribution in [1.29, 1.82) is 0 Å². The van der Waals surface area contributed by atoms with Crippen LogP contribution in [0.25, 0.3) is 11.1 Å². The van der Waals surface area contributed by atoms with Crippen LogP contribution in [0.3, 0.4) is 0 Å². The first-order valence-electron chi connectivity index (χ1n) is 10.3. The predicted molar refractivity (Wildman–Crippen MR) is 116 cm³/mol. The van der Waals surface area contributed by atoms with Crippen molar-refractivity contribution < 1.29 is 24.0 Å². The molecule has 0 unspecified atom stereocenters. The van der Waals surface area contributed by atoms with Crippen molar-refractivity contribution in [3.05, 3.63) is 47.5 Å². The third-order valence-corrected chi connectivity index (χ3v) is 5.54. The predicted octanol–water partition coefficient (Wildman–Crippen LogP) is 3.42. The number of benzene rings is 2. The molecule has 0 radical (unpaired) electrons. The van der Waals surface area contributed by atoms with Crippen LogP contribution in [0.2, 0.25) is 0 Å². The Hall–Kier alpha value is -3.39. The minimum absolute atomic E-state index is 0.0495. The van der Waals surface area contributed by atoms with E-state index in [1.165, 1.54) is 0 Å². The van der Waals surface area contributed by atoms with Gasteiger partial charge in [0.25, 0.3) is 11.8 Å². The smallest absolute Gasteiger partial charge is 0.378 e. The van der Waals surface area contributed by atoms with Crippen molar-refractivity contribution in [2.45, 2.75) is 26.7 Å². The molecular formula is C23H25N3O5. The van der Waals surface area contributed by atoms with Crippen LogP contribution < -0.4 is 10.2 Å². The highest BCUT2D eigenvalue weighted by molar-refractivity contribution is 6.03. The first-order chi connectivity index (χ1) is 15.0. The molecule has 8 nitrogen and oxygen atoms in total. The lowest BCUT2D eigenvalue weighted by molar-refractivity contribution is -0.170. The molecule has 2 saturated heterocycles. The Morgan fingerprint density at radius 1 is 0.935 bits per heavy atom. The van der Waals surface area contributed by atoms with E-state index < -0.39 is 17.9 Å². The zero-order chi connectivity index (χ0) is 22.0. The number of imide groups is 1. The molecule has 2 aromatic carbocycles. The molecule has 0 bridgehead atoms. The van der Waals surface area contributed by atoms with Crippen molar-refractivity contribution in [2.24, 2.45) is 0 Å². The topological polar surface area (TPSA) is 88.2 Å². The van der Waals surface area contributed by atoms with Gasteiger partial charge in [0, 0.05) is 42.7 Å². The van der Waals surface area contributed by atoms with Crippen LogP contribution in [0.15, 0.2) is 36.4 Å². The van der Waals surface area contributed by atoms with Gasteiger partial charge in [0.1, 0.15) is 0 Å². The number of hydroxylamine groups is 2. The molecule has 2 aliphatic rings. The SMILES string of the molecule is Cc1cccc(NC(=O)ON2C(=O)CCC2=O)c1-c1c(C)cccc1N1CCOCC1. The highest BCUT2D eigenvalue weighted by Crippen LogP contribution is 2.40. The molecule has 3 amide bonds. The Labute approximate surface area is 180 Å². The van der Waals surface area contributed by atoms with Gasteiger partial charge in [0.2, 0.25) is 0 Å². The van der Waals surface area contributed by atoms with Gasteiger partial charge in [0.05, 0.1) is 18.9 Å². The van der Waals surface area contributed by atoms with Crippen LogP contribution in [0, 0.1) is 13.8 Å². The van der Waals surface area contributed by atoms with Crippen LogP contribution >= 0.6 is 0 Å². The second-order valence-corrected chi connectivity index (χ2v) is 7.65. The summed E-state index contributed by atoms with van der Waals surface area (Å²) in [6.45, 7) is 6.91. The van der Waals surface area contributed by atoms with Gasteiger partial charge < -0.3 is 14.5 Å². The molecule has 162 valence electrons. The quantitative estimate of drug-likeness (QED) is 0.758. The van der Waals surface area contributed by atoms with Gasteiger partial charge in [-0.15, -0.1) is 5.06 Å². The van der Waals surface area contributed by atoms with Crippen molar-refractivity contribution >= 4 is 29.3 Å². The highest BCUT2D eigenvalue weighted by Gasteiger charge is 2.33. The average Bonchev–Trinajstić information content (AvgIpc) is 3.07. The van der Waals surface area contributed by atoms with E-state index in [9.17, 15) is 14.4 Å². The number of rotatable bonds is 4. The third kappa shape index (κ3) is 4.25. The summed E-state index contributed by atoms with van der Waals surface area (Å²) in [5, 5.41) is 3.26. The number of ether oxygens (including phenoxy) is 1. The van der Waals surface area contributed by atoms with Crippen molar-refractivity contribution in [3.8, 4) is 11.1 Å². The number of amides is 3. The van der Waals surface area contributed by atoms with E-state index >= 15 is 0 Å². The molecule has 0 spiro atoms. The number of carbonyl (C=O) groups is 3. The van der Waals surface area contributed by atoms with E-state index in [-0.39, 0.29) is 12.8 Å². The Kier molecular flexibility index (Phi) is 5.90. The molecule has 0 aliphatic carbocycles. The summed E-state index contributed by atoms with van der Waals surface area (Å²) in [6, 6.07) is 11.7. The second-order valence-electron chi connectivity index (χ2n) is 7.65.